The number of carbonyl (C=O) groups is 1. The van der Waals surface area contributed by atoms with E-state index in [9.17, 15) is 9.59 Å². The van der Waals surface area contributed by atoms with E-state index in [1.54, 1.807) is 6.07 Å². The first-order valence-electron chi connectivity index (χ1n) is 9.92. The topological polar surface area (TPSA) is 72.6 Å². The first-order chi connectivity index (χ1) is 15.2. The Morgan fingerprint density at radius 3 is 2.66 bits per heavy atom. The van der Waals surface area contributed by atoms with Crippen molar-refractivity contribution in [2.45, 2.75) is 34.3 Å². The maximum Gasteiger partial charge on any atom is 0.336 e. The van der Waals surface area contributed by atoms with E-state index in [1.165, 1.54) is 29.2 Å². The van der Waals surface area contributed by atoms with Crippen LogP contribution >= 0.6 is 22.9 Å². The van der Waals surface area contributed by atoms with E-state index in [2.05, 4.69) is 4.98 Å². The van der Waals surface area contributed by atoms with Crippen molar-refractivity contribution in [1.82, 2.24) is 4.98 Å². The van der Waals surface area contributed by atoms with Crippen molar-refractivity contribution in [1.29, 1.82) is 0 Å². The van der Waals surface area contributed by atoms with Crippen LogP contribution in [0, 0.1) is 20.8 Å². The predicted octanol–water partition coefficient (Wildman–Crippen LogP) is 6.09. The van der Waals surface area contributed by atoms with Gasteiger partial charge in [-0.25, -0.2) is 9.78 Å². The Hall–Kier alpha value is -3.16. The number of aryl methyl sites for hydroxylation is 3. The molecule has 32 heavy (non-hydrogen) atoms. The maximum absolute atomic E-state index is 12.5. The molecule has 2 heterocycles. The average Bonchev–Trinajstić information content (AvgIpc) is 3.16. The van der Waals surface area contributed by atoms with E-state index in [4.69, 9.17) is 20.8 Å². The highest BCUT2D eigenvalue weighted by molar-refractivity contribution is 7.14. The van der Waals surface area contributed by atoms with Gasteiger partial charge in [-0.05, 0) is 55.7 Å². The van der Waals surface area contributed by atoms with Gasteiger partial charge in [-0.3, -0.25) is 9.69 Å². The summed E-state index contributed by atoms with van der Waals surface area (Å²) in [6.45, 7) is 7.42. The lowest BCUT2D eigenvalue weighted by Gasteiger charge is -2.22. The number of fused-ring (bicyclic) bond motifs is 1. The molecule has 0 fully saturated rings. The molecular formula is C24H21ClN2O4S. The number of hydrogen-bond donors (Lipinski definition) is 0. The van der Waals surface area contributed by atoms with Gasteiger partial charge in [0.25, 0.3) is 0 Å². The van der Waals surface area contributed by atoms with Crippen molar-refractivity contribution in [3.05, 3.63) is 79.6 Å². The van der Waals surface area contributed by atoms with Gasteiger partial charge in [-0.2, -0.15) is 0 Å². The monoisotopic (exact) mass is 468 g/mol. The molecule has 2 aromatic carbocycles. The van der Waals surface area contributed by atoms with E-state index < -0.39 is 5.63 Å². The molecule has 0 unspecified atom stereocenters. The summed E-state index contributed by atoms with van der Waals surface area (Å²) in [6.07, 6.45) is 0. The first-order valence-corrected chi connectivity index (χ1v) is 11.2. The van der Waals surface area contributed by atoms with Crippen LogP contribution in [-0.4, -0.2) is 10.9 Å². The molecule has 0 aliphatic carbocycles. The van der Waals surface area contributed by atoms with Gasteiger partial charge in [0.2, 0.25) is 5.91 Å². The molecule has 0 atom stereocenters. The van der Waals surface area contributed by atoms with Gasteiger partial charge in [0.15, 0.2) is 5.13 Å². The van der Waals surface area contributed by atoms with Crippen LogP contribution in [0.4, 0.5) is 10.8 Å². The Kier molecular flexibility index (Phi) is 6.04. The zero-order valence-corrected chi connectivity index (χ0v) is 19.6. The molecule has 0 bridgehead atoms. The molecule has 164 valence electrons. The van der Waals surface area contributed by atoms with Crippen LogP contribution in [0.25, 0.3) is 11.0 Å². The van der Waals surface area contributed by atoms with Gasteiger partial charge in [0, 0.05) is 29.8 Å². The highest BCUT2D eigenvalue weighted by atomic mass is 35.5. The number of benzene rings is 2. The van der Waals surface area contributed by atoms with E-state index in [0.717, 1.165) is 22.1 Å². The molecule has 0 spiro atoms. The first kappa shape index (κ1) is 22.0. The Morgan fingerprint density at radius 2 is 1.94 bits per heavy atom. The van der Waals surface area contributed by atoms with Crippen LogP contribution in [-0.2, 0) is 11.4 Å². The number of thiazole rings is 1. The highest BCUT2D eigenvalue weighted by Gasteiger charge is 2.22. The fraction of sp³-hybridized carbons (Fsp3) is 0.208. The molecule has 0 aliphatic heterocycles. The van der Waals surface area contributed by atoms with E-state index in [1.807, 2.05) is 50.4 Å². The molecule has 0 radical (unpaired) electrons. The van der Waals surface area contributed by atoms with Gasteiger partial charge >= 0.3 is 5.63 Å². The number of halogens is 1. The summed E-state index contributed by atoms with van der Waals surface area (Å²) >= 11 is 7.81. The third kappa shape index (κ3) is 4.40. The SMILES string of the molecule is CC(=O)N(c1nc(COc2ccc3c(C)cc(=O)oc3c2)cs1)c1c(C)cc(C)cc1Cl. The van der Waals surface area contributed by atoms with Crippen molar-refractivity contribution >= 4 is 50.6 Å². The minimum Gasteiger partial charge on any atom is -0.487 e. The molecule has 0 N–H and O–H groups in total. The van der Waals surface area contributed by atoms with Crippen LogP contribution in [0.15, 0.2) is 51.0 Å². The van der Waals surface area contributed by atoms with Gasteiger partial charge in [-0.15, -0.1) is 11.3 Å². The lowest BCUT2D eigenvalue weighted by Crippen LogP contribution is -2.24. The van der Waals surface area contributed by atoms with Gasteiger partial charge in [0.1, 0.15) is 17.9 Å². The molecule has 0 saturated heterocycles. The van der Waals surface area contributed by atoms with Crippen LogP contribution in [0.5, 0.6) is 5.75 Å². The second kappa shape index (κ2) is 8.76. The van der Waals surface area contributed by atoms with Crippen molar-refractivity contribution in [2.75, 3.05) is 4.90 Å². The van der Waals surface area contributed by atoms with Crippen molar-refractivity contribution in [2.24, 2.45) is 0 Å². The summed E-state index contributed by atoms with van der Waals surface area (Å²) in [6, 6.07) is 10.6. The second-order valence-electron chi connectivity index (χ2n) is 7.58. The number of ether oxygens (including phenoxy) is 1. The van der Waals surface area contributed by atoms with E-state index in [0.29, 0.717) is 32.9 Å². The fourth-order valence-electron chi connectivity index (χ4n) is 3.60. The van der Waals surface area contributed by atoms with E-state index >= 15 is 0 Å². The zero-order valence-electron chi connectivity index (χ0n) is 18.1. The third-order valence-electron chi connectivity index (χ3n) is 4.98. The molecular weight excluding hydrogens is 448 g/mol. The molecule has 0 aliphatic rings. The Bertz CT molecular complexity index is 1370. The Morgan fingerprint density at radius 1 is 1.16 bits per heavy atom. The Balaban J connectivity index is 1.58. The number of carbonyl (C=O) groups excluding carboxylic acids is 1. The van der Waals surface area contributed by atoms with Crippen LogP contribution in [0.2, 0.25) is 5.02 Å². The number of aromatic nitrogens is 1. The lowest BCUT2D eigenvalue weighted by molar-refractivity contribution is -0.115. The average molecular weight is 469 g/mol. The summed E-state index contributed by atoms with van der Waals surface area (Å²) in [5.41, 5.74) is 4.14. The van der Waals surface area contributed by atoms with E-state index in [-0.39, 0.29) is 12.5 Å². The molecule has 8 heteroatoms. The molecule has 0 saturated carbocycles. The number of amides is 1. The highest BCUT2D eigenvalue weighted by Crippen LogP contribution is 2.37. The fourth-order valence-corrected chi connectivity index (χ4v) is 4.86. The number of nitrogens with zero attached hydrogens (tertiary/aromatic N) is 2. The smallest absolute Gasteiger partial charge is 0.336 e. The minimum absolute atomic E-state index is 0.180. The van der Waals surface area contributed by atoms with Crippen LogP contribution in [0.3, 0.4) is 0 Å². The molecule has 4 aromatic rings. The summed E-state index contributed by atoms with van der Waals surface area (Å²) in [5, 5.41) is 3.72. The molecule has 1 amide bonds. The van der Waals surface area contributed by atoms with Gasteiger partial charge in [0.05, 0.1) is 16.4 Å². The van der Waals surface area contributed by atoms with Gasteiger partial charge < -0.3 is 9.15 Å². The molecule has 6 nitrogen and oxygen atoms in total. The summed E-state index contributed by atoms with van der Waals surface area (Å²) in [4.78, 5) is 30.2. The number of anilines is 2. The quantitative estimate of drug-likeness (QED) is 0.331. The maximum atomic E-state index is 12.5. The second-order valence-corrected chi connectivity index (χ2v) is 8.83. The number of hydrogen-bond acceptors (Lipinski definition) is 6. The van der Waals surface area contributed by atoms with Crippen molar-refractivity contribution < 1.29 is 13.9 Å². The zero-order chi connectivity index (χ0) is 23.0. The molecule has 2 aromatic heterocycles. The van der Waals surface area contributed by atoms with Crippen LogP contribution in [0.1, 0.15) is 29.3 Å². The predicted molar refractivity (Wildman–Crippen MR) is 127 cm³/mol. The summed E-state index contributed by atoms with van der Waals surface area (Å²) in [7, 11) is 0. The van der Waals surface area contributed by atoms with Crippen LogP contribution < -0.4 is 15.3 Å². The number of rotatable bonds is 5. The summed E-state index contributed by atoms with van der Waals surface area (Å²) < 4.78 is 11.1. The minimum atomic E-state index is -0.398. The normalized spacial score (nSPS) is 11.0. The lowest BCUT2D eigenvalue weighted by atomic mass is 10.1. The van der Waals surface area contributed by atoms with Gasteiger partial charge in [-0.1, -0.05) is 17.7 Å². The Labute approximate surface area is 194 Å². The van der Waals surface area contributed by atoms with Crippen molar-refractivity contribution in [3.63, 3.8) is 0 Å². The largest absolute Gasteiger partial charge is 0.487 e. The standard InChI is InChI=1S/C24H21ClN2O4S/c1-13-7-15(3)23(20(25)8-13)27(16(4)28)24-26-17(12-32-24)11-30-18-5-6-19-14(2)9-22(29)31-21(19)10-18/h5-10,12H,11H2,1-4H3. The third-order valence-corrected chi connectivity index (χ3v) is 6.14. The van der Waals surface area contributed by atoms with Crippen molar-refractivity contribution in [3.8, 4) is 5.75 Å². The molecule has 4 rings (SSSR count). The summed E-state index contributed by atoms with van der Waals surface area (Å²) in [5.74, 6) is 0.377.